The molecule has 0 atom stereocenters. The maximum Gasteiger partial charge on any atom is -0.0169 e. The van der Waals surface area contributed by atoms with Crippen LogP contribution >= 0.6 is 0 Å². The summed E-state index contributed by atoms with van der Waals surface area (Å²) in [5, 5.41) is 0. The lowest BCUT2D eigenvalue weighted by atomic mass is 10.1. The van der Waals surface area contributed by atoms with Crippen LogP contribution in [-0.4, -0.2) is 0 Å². The average molecular weight is 247 g/mol. The summed E-state index contributed by atoms with van der Waals surface area (Å²) in [6, 6.07) is 0. The summed E-state index contributed by atoms with van der Waals surface area (Å²) in [5.41, 5.74) is 0. The van der Waals surface area contributed by atoms with Crippen LogP contribution in [0.2, 0.25) is 0 Å². The highest BCUT2D eigenvalue weighted by molar-refractivity contribution is 4.92. The Labute approximate surface area is 115 Å². The molecule has 0 heteroatoms. The first-order valence-electron chi connectivity index (χ1n) is 7.66. The first-order chi connectivity index (χ1) is 8.91. The van der Waals surface area contributed by atoms with Crippen molar-refractivity contribution < 1.29 is 0 Å². The standard InChI is InChI=1S/C18H31/c1-3-5-7-9-11-13-15-17-18-16-14-12-10-8-6-4-2/h5,7,12,14,17-18H,1,3-4,6,8-11,13,15-16H2,2H3. The van der Waals surface area contributed by atoms with Gasteiger partial charge in [0.15, 0.2) is 0 Å². The minimum atomic E-state index is 0.921. The topological polar surface area (TPSA) is 0 Å². The molecule has 0 bridgehead atoms. The Morgan fingerprint density at radius 1 is 0.667 bits per heavy atom. The SMILES string of the molecule is [CH2]CC=CCCCCC=CCC=CCCCCC. The van der Waals surface area contributed by atoms with E-state index >= 15 is 0 Å². The molecule has 1 radical (unpaired) electrons. The molecule has 0 heterocycles. The second-order valence-electron chi connectivity index (χ2n) is 4.72. The third kappa shape index (κ3) is 15.2. The van der Waals surface area contributed by atoms with Gasteiger partial charge in [-0.1, -0.05) is 56.2 Å². The summed E-state index contributed by atoms with van der Waals surface area (Å²) in [4.78, 5) is 0. The third-order valence-corrected chi connectivity index (χ3v) is 2.90. The highest BCUT2D eigenvalue weighted by Crippen LogP contribution is 2.03. The van der Waals surface area contributed by atoms with E-state index in [2.05, 4.69) is 50.3 Å². The minimum Gasteiger partial charge on any atom is -0.0885 e. The second-order valence-corrected chi connectivity index (χ2v) is 4.72. The third-order valence-electron chi connectivity index (χ3n) is 2.90. The van der Waals surface area contributed by atoms with Crippen molar-refractivity contribution in [3.8, 4) is 0 Å². The quantitative estimate of drug-likeness (QED) is 0.276. The van der Waals surface area contributed by atoms with Gasteiger partial charge in [0.1, 0.15) is 0 Å². The van der Waals surface area contributed by atoms with E-state index in [0.717, 1.165) is 12.8 Å². The van der Waals surface area contributed by atoms with E-state index in [1.807, 2.05) is 0 Å². The highest BCUT2D eigenvalue weighted by atomic mass is 13.9. The first kappa shape index (κ1) is 17.2. The predicted octanol–water partition coefficient (Wildman–Crippen LogP) is 6.41. The fraction of sp³-hybridized carbons (Fsp3) is 0.611. The van der Waals surface area contributed by atoms with Crippen molar-refractivity contribution in [2.24, 2.45) is 0 Å². The van der Waals surface area contributed by atoms with Crippen LogP contribution in [0.4, 0.5) is 0 Å². The molecule has 0 unspecified atom stereocenters. The van der Waals surface area contributed by atoms with Gasteiger partial charge < -0.3 is 0 Å². The molecule has 0 spiro atoms. The summed E-state index contributed by atoms with van der Waals surface area (Å²) in [5.74, 6) is 0. The fourth-order valence-electron chi connectivity index (χ4n) is 1.78. The largest absolute Gasteiger partial charge is 0.0885 e. The molecule has 0 aliphatic rings. The van der Waals surface area contributed by atoms with Gasteiger partial charge in [-0.05, 0) is 58.3 Å². The van der Waals surface area contributed by atoms with Crippen molar-refractivity contribution in [2.75, 3.05) is 0 Å². The molecule has 0 nitrogen and oxygen atoms in total. The van der Waals surface area contributed by atoms with Gasteiger partial charge in [-0.2, -0.15) is 0 Å². The van der Waals surface area contributed by atoms with E-state index in [9.17, 15) is 0 Å². The minimum absolute atomic E-state index is 0.921. The molecule has 0 rings (SSSR count). The van der Waals surface area contributed by atoms with Crippen molar-refractivity contribution in [1.29, 1.82) is 0 Å². The maximum atomic E-state index is 3.78. The van der Waals surface area contributed by atoms with E-state index in [1.165, 1.54) is 51.4 Å². The lowest BCUT2D eigenvalue weighted by Crippen LogP contribution is -1.73. The smallest absolute Gasteiger partial charge is 0.0169 e. The molecule has 0 aromatic heterocycles. The Morgan fingerprint density at radius 3 is 1.67 bits per heavy atom. The summed E-state index contributed by atoms with van der Waals surface area (Å²) in [7, 11) is 0. The second kappa shape index (κ2) is 16.2. The fourth-order valence-corrected chi connectivity index (χ4v) is 1.78. The van der Waals surface area contributed by atoms with Gasteiger partial charge in [0.25, 0.3) is 0 Å². The Balaban J connectivity index is 3.20. The van der Waals surface area contributed by atoms with E-state index in [4.69, 9.17) is 0 Å². The van der Waals surface area contributed by atoms with Crippen LogP contribution in [0.3, 0.4) is 0 Å². The zero-order valence-electron chi connectivity index (χ0n) is 12.2. The van der Waals surface area contributed by atoms with Crippen LogP contribution in [0, 0.1) is 6.92 Å². The number of hydrogen-bond donors (Lipinski definition) is 0. The van der Waals surface area contributed by atoms with Crippen molar-refractivity contribution in [1.82, 2.24) is 0 Å². The summed E-state index contributed by atoms with van der Waals surface area (Å²) in [6.07, 6.45) is 26.0. The van der Waals surface area contributed by atoms with Crippen molar-refractivity contribution in [2.45, 2.75) is 71.1 Å². The molecule has 18 heavy (non-hydrogen) atoms. The lowest BCUT2D eigenvalue weighted by molar-refractivity contribution is 0.728. The van der Waals surface area contributed by atoms with Crippen LogP contribution in [0.1, 0.15) is 71.1 Å². The van der Waals surface area contributed by atoms with Crippen LogP contribution in [0.25, 0.3) is 0 Å². The van der Waals surface area contributed by atoms with Crippen LogP contribution < -0.4 is 0 Å². The molecule has 0 N–H and O–H groups in total. The maximum absolute atomic E-state index is 3.78. The lowest BCUT2D eigenvalue weighted by Gasteiger charge is -1.93. The van der Waals surface area contributed by atoms with Gasteiger partial charge >= 0.3 is 0 Å². The number of hydrogen-bond acceptors (Lipinski definition) is 0. The number of unbranched alkanes of at least 4 members (excludes halogenated alkanes) is 6. The molecule has 0 amide bonds. The van der Waals surface area contributed by atoms with Gasteiger partial charge in [-0.15, -0.1) is 0 Å². The summed E-state index contributed by atoms with van der Waals surface area (Å²) < 4.78 is 0. The monoisotopic (exact) mass is 247 g/mol. The van der Waals surface area contributed by atoms with E-state index in [-0.39, 0.29) is 0 Å². The molecule has 0 saturated carbocycles. The summed E-state index contributed by atoms with van der Waals surface area (Å²) >= 11 is 0. The Bertz CT molecular complexity index is 220. The molecule has 0 aromatic carbocycles. The Hall–Kier alpha value is -0.780. The highest BCUT2D eigenvalue weighted by Gasteiger charge is 1.83. The van der Waals surface area contributed by atoms with E-state index in [1.54, 1.807) is 0 Å². The first-order valence-corrected chi connectivity index (χ1v) is 7.66. The number of rotatable bonds is 12. The Kier molecular flexibility index (Phi) is 15.5. The molecule has 0 aliphatic carbocycles. The molecule has 0 aliphatic heterocycles. The molecule has 0 aromatic rings. The van der Waals surface area contributed by atoms with Gasteiger partial charge in [-0.25, -0.2) is 0 Å². The van der Waals surface area contributed by atoms with Gasteiger partial charge in [0.05, 0.1) is 0 Å². The van der Waals surface area contributed by atoms with E-state index in [0.29, 0.717) is 0 Å². The molecule has 0 saturated heterocycles. The van der Waals surface area contributed by atoms with Crippen LogP contribution in [0.5, 0.6) is 0 Å². The van der Waals surface area contributed by atoms with Gasteiger partial charge in [-0.3, -0.25) is 0 Å². The average Bonchev–Trinajstić information content (AvgIpc) is 2.39. The van der Waals surface area contributed by atoms with Crippen molar-refractivity contribution in [3.05, 3.63) is 43.4 Å². The zero-order valence-corrected chi connectivity index (χ0v) is 12.2. The molecule has 0 fully saturated rings. The van der Waals surface area contributed by atoms with Gasteiger partial charge in [0.2, 0.25) is 0 Å². The molecular formula is C18H31. The molecule has 103 valence electrons. The Morgan fingerprint density at radius 2 is 1.17 bits per heavy atom. The van der Waals surface area contributed by atoms with E-state index < -0.39 is 0 Å². The van der Waals surface area contributed by atoms with Crippen molar-refractivity contribution >= 4 is 0 Å². The van der Waals surface area contributed by atoms with Crippen LogP contribution in [0.15, 0.2) is 36.5 Å². The van der Waals surface area contributed by atoms with Crippen LogP contribution in [-0.2, 0) is 0 Å². The molecular weight excluding hydrogens is 216 g/mol. The van der Waals surface area contributed by atoms with Gasteiger partial charge in [0, 0.05) is 0 Å². The zero-order chi connectivity index (χ0) is 13.3. The predicted molar refractivity (Wildman–Crippen MR) is 84.6 cm³/mol. The number of allylic oxidation sites excluding steroid dienone is 6. The van der Waals surface area contributed by atoms with Crippen molar-refractivity contribution in [3.63, 3.8) is 0 Å². The summed E-state index contributed by atoms with van der Waals surface area (Å²) in [6.45, 7) is 6.03. The normalized spacial score (nSPS) is 12.3.